The van der Waals surface area contributed by atoms with Crippen LogP contribution in [-0.2, 0) is 11.8 Å². The second kappa shape index (κ2) is 7.50. The highest BCUT2D eigenvalue weighted by Gasteiger charge is 2.51. The summed E-state index contributed by atoms with van der Waals surface area (Å²) in [7, 11) is 0. The molecule has 0 atom stereocenters. The van der Waals surface area contributed by atoms with Crippen LogP contribution in [-0.4, -0.2) is 11.5 Å². The average molecular weight is 484 g/mol. The van der Waals surface area contributed by atoms with Crippen LogP contribution in [0.2, 0.25) is 0 Å². The number of hydrogen-bond donors (Lipinski definition) is 2. The minimum atomic E-state index is 0.459. The van der Waals surface area contributed by atoms with E-state index in [-0.39, 0.29) is 0 Å². The van der Waals surface area contributed by atoms with Crippen LogP contribution in [0.3, 0.4) is 0 Å². The molecule has 4 saturated carbocycles. The maximum atomic E-state index is 5.81. The monoisotopic (exact) mass is 482 g/mol. The Hall–Kier alpha value is -1.10. The second-order valence-electron chi connectivity index (χ2n) is 10.3. The molecule has 4 heteroatoms. The van der Waals surface area contributed by atoms with Crippen molar-refractivity contribution in [2.75, 3.05) is 6.54 Å². The van der Waals surface area contributed by atoms with Gasteiger partial charge in [-0.1, -0.05) is 6.07 Å². The maximum Gasteiger partial charge on any atom is 0.0705 e. The number of aryl methyl sites for hydroxylation is 1. The van der Waals surface area contributed by atoms with Crippen molar-refractivity contribution in [1.29, 1.82) is 0 Å². The van der Waals surface area contributed by atoms with E-state index in [9.17, 15) is 0 Å². The van der Waals surface area contributed by atoms with E-state index < -0.39 is 0 Å². The zero-order valence-electron chi connectivity index (χ0n) is 17.6. The first-order valence-corrected chi connectivity index (χ1v) is 13.4. The van der Waals surface area contributed by atoms with Crippen molar-refractivity contribution in [1.82, 2.24) is 4.98 Å². The molecule has 7 rings (SSSR count). The molecule has 2 aromatic heterocycles. The van der Waals surface area contributed by atoms with Crippen molar-refractivity contribution in [2.24, 2.45) is 23.5 Å². The van der Waals surface area contributed by atoms with Gasteiger partial charge in [-0.3, -0.25) is 0 Å². The summed E-state index contributed by atoms with van der Waals surface area (Å²) in [4.78, 5) is 5.11. The number of rotatable bonds is 6. The second-order valence-corrected chi connectivity index (χ2v) is 12.7. The number of H-pyrrole nitrogens is 1. The molecule has 0 radical (unpaired) electrons. The number of aromatic amines is 1. The summed E-state index contributed by atoms with van der Waals surface area (Å²) in [6.07, 6.45) is 12.2. The van der Waals surface area contributed by atoms with E-state index in [1.165, 1.54) is 69.3 Å². The number of halogens is 1. The van der Waals surface area contributed by atoms with Gasteiger partial charge >= 0.3 is 0 Å². The number of hydrogen-bond acceptors (Lipinski definition) is 2. The molecule has 0 saturated heterocycles. The largest absolute Gasteiger partial charge is 0.354 e. The van der Waals surface area contributed by atoms with Crippen LogP contribution in [0.4, 0.5) is 0 Å². The van der Waals surface area contributed by atoms with Gasteiger partial charge < -0.3 is 10.7 Å². The van der Waals surface area contributed by atoms with Crippen molar-refractivity contribution in [3.63, 3.8) is 0 Å². The third kappa shape index (κ3) is 3.22. The topological polar surface area (TPSA) is 41.8 Å². The molecule has 4 bridgehead atoms. The Labute approximate surface area is 191 Å². The Morgan fingerprint density at radius 1 is 1.00 bits per heavy atom. The smallest absolute Gasteiger partial charge is 0.0705 e. The molecule has 158 valence electrons. The lowest BCUT2D eigenvalue weighted by atomic mass is 9.48. The normalized spacial score (nSPS) is 29.9. The van der Waals surface area contributed by atoms with Crippen molar-refractivity contribution < 1.29 is 0 Å². The van der Waals surface area contributed by atoms with Crippen LogP contribution in [0, 0.1) is 17.8 Å². The van der Waals surface area contributed by atoms with Gasteiger partial charge in [-0.2, -0.15) is 0 Å². The Morgan fingerprint density at radius 2 is 1.73 bits per heavy atom. The molecule has 0 unspecified atom stereocenters. The molecule has 0 amide bonds. The minimum Gasteiger partial charge on any atom is -0.354 e. The molecule has 4 aliphatic carbocycles. The van der Waals surface area contributed by atoms with Gasteiger partial charge in [0.15, 0.2) is 0 Å². The van der Waals surface area contributed by atoms with E-state index in [0.717, 1.165) is 43.6 Å². The first-order valence-electron chi connectivity index (χ1n) is 11.7. The summed E-state index contributed by atoms with van der Waals surface area (Å²) >= 11 is 5.47. The highest BCUT2D eigenvalue weighted by atomic mass is 79.9. The number of aromatic nitrogens is 1. The molecule has 3 N–H and O–H groups in total. The van der Waals surface area contributed by atoms with Crippen molar-refractivity contribution in [2.45, 2.75) is 63.2 Å². The molecule has 3 aromatic rings. The predicted molar refractivity (Wildman–Crippen MR) is 131 cm³/mol. The van der Waals surface area contributed by atoms with E-state index in [1.807, 2.05) is 11.3 Å². The van der Waals surface area contributed by atoms with Gasteiger partial charge in [0.2, 0.25) is 0 Å². The summed E-state index contributed by atoms with van der Waals surface area (Å²) < 4.78 is 1.19. The zero-order valence-corrected chi connectivity index (χ0v) is 20.0. The lowest BCUT2D eigenvalue weighted by molar-refractivity contribution is -0.00513. The van der Waals surface area contributed by atoms with Crippen LogP contribution in [0.15, 0.2) is 34.1 Å². The zero-order chi connectivity index (χ0) is 20.3. The van der Waals surface area contributed by atoms with E-state index in [1.54, 1.807) is 5.56 Å². The molecule has 4 fully saturated rings. The average Bonchev–Trinajstić information content (AvgIpc) is 3.30. The van der Waals surface area contributed by atoms with E-state index in [2.05, 4.69) is 51.2 Å². The van der Waals surface area contributed by atoms with Gasteiger partial charge in [-0.05, 0) is 139 Å². The summed E-state index contributed by atoms with van der Waals surface area (Å²) in [6, 6.07) is 11.8. The summed E-state index contributed by atoms with van der Waals surface area (Å²) in [5.41, 5.74) is 12.0. The van der Waals surface area contributed by atoms with Crippen LogP contribution in [0.1, 0.15) is 62.5 Å². The third-order valence-electron chi connectivity index (χ3n) is 8.26. The number of unbranched alkanes of at least 4 members (excludes halogenated alkanes) is 1. The molecule has 4 aliphatic rings. The molecule has 30 heavy (non-hydrogen) atoms. The van der Waals surface area contributed by atoms with E-state index >= 15 is 0 Å². The van der Waals surface area contributed by atoms with Gasteiger partial charge in [-0.15, -0.1) is 11.3 Å². The van der Waals surface area contributed by atoms with Gasteiger partial charge in [-0.25, -0.2) is 0 Å². The SMILES string of the molecule is NCCCCc1c(-c2ccc(Br)s2)[nH]c2ccc(C34CC5CC(CC(C5)C3)C4)cc12. The lowest BCUT2D eigenvalue weighted by Gasteiger charge is -2.57. The first-order chi connectivity index (χ1) is 14.6. The minimum absolute atomic E-state index is 0.459. The molecule has 2 heterocycles. The van der Waals surface area contributed by atoms with Crippen molar-refractivity contribution in [3.05, 3.63) is 45.2 Å². The predicted octanol–water partition coefficient (Wildman–Crippen LogP) is 7.41. The Kier molecular flexibility index (Phi) is 4.89. The number of nitrogens with one attached hydrogen (secondary N) is 1. The highest BCUT2D eigenvalue weighted by molar-refractivity contribution is 9.11. The van der Waals surface area contributed by atoms with Crippen molar-refractivity contribution in [3.8, 4) is 10.6 Å². The van der Waals surface area contributed by atoms with Crippen LogP contribution in [0.25, 0.3) is 21.5 Å². The first kappa shape index (κ1) is 19.6. The van der Waals surface area contributed by atoms with Gasteiger partial charge in [0.05, 0.1) is 14.4 Å². The summed E-state index contributed by atoms with van der Waals surface area (Å²) in [5.74, 6) is 2.96. The maximum absolute atomic E-state index is 5.81. The third-order valence-corrected chi connectivity index (χ3v) is 9.90. The van der Waals surface area contributed by atoms with Crippen molar-refractivity contribution >= 4 is 38.2 Å². The molecule has 1 aromatic carbocycles. The lowest BCUT2D eigenvalue weighted by Crippen LogP contribution is -2.48. The Bertz CT molecular complexity index is 1040. The molecular formula is C26H31BrN2S. The molecule has 0 spiro atoms. The standard InChI is InChI=1S/C26H31BrN2S/c27-24-7-6-23(30-24)25-20(3-1-2-8-28)21-12-19(4-5-22(21)29-25)26-13-16-9-17(14-26)11-18(10-16)15-26/h4-7,12,16-18,29H,1-3,8-11,13-15,28H2. The molecular weight excluding hydrogens is 452 g/mol. The fourth-order valence-corrected chi connectivity index (χ4v) is 8.82. The van der Waals surface area contributed by atoms with Gasteiger partial charge in [0, 0.05) is 10.9 Å². The summed E-state index contributed by atoms with van der Waals surface area (Å²) in [6.45, 7) is 0.779. The number of benzene rings is 1. The number of thiophene rings is 1. The fourth-order valence-electron chi connectivity index (χ4n) is 7.41. The quantitative estimate of drug-likeness (QED) is 0.352. The van der Waals surface area contributed by atoms with Crippen LogP contribution >= 0.6 is 27.3 Å². The van der Waals surface area contributed by atoms with Gasteiger partial charge in [0.25, 0.3) is 0 Å². The van der Waals surface area contributed by atoms with Crippen LogP contribution in [0.5, 0.6) is 0 Å². The molecule has 2 nitrogen and oxygen atoms in total. The van der Waals surface area contributed by atoms with Gasteiger partial charge in [0.1, 0.15) is 0 Å². The molecule has 0 aliphatic heterocycles. The Morgan fingerprint density at radius 3 is 2.37 bits per heavy atom. The summed E-state index contributed by atoms with van der Waals surface area (Å²) in [5, 5.41) is 1.46. The number of fused-ring (bicyclic) bond motifs is 1. The fraction of sp³-hybridized carbons (Fsp3) is 0.538. The Balaban J connectivity index is 1.44. The highest BCUT2D eigenvalue weighted by Crippen LogP contribution is 2.61. The van der Waals surface area contributed by atoms with Crippen LogP contribution < -0.4 is 5.73 Å². The van der Waals surface area contributed by atoms with E-state index in [4.69, 9.17) is 5.73 Å². The van der Waals surface area contributed by atoms with E-state index in [0.29, 0.717) is 5.41 Å². The number of nitrogens with two attached hydrogens (primary N) is 1.